The molecule has 0 saturated carbocycles. The Kier molecular flexibility index (Phi) is 32.7. The van der Waals surface area contributed by atoms with Crippen LogP contribution in [-0.2, 0) is 28.2 Å². The molecule has 0 bridgehead atoms. The molecular formula is C40H71O9P. The number of aliphatic hydroxyl groups excluding tert-OH is 1. The van der Waals surface area contributed by atoms with Crippen molar-refractivity contribution in [3.05, 3.63) is 48.6 Å². The van der Waals surface area contributed by atoms with Gasteiger partial charge in [-0.25, -0.2) is 4.57 Å². The second-order valence-electron chi connectivity index (χ2n) is 13.6. The van der Waals surface area contributed by atoms with Gasteiger partial charge in [0.1, 0.15) is 6.61 Å². The maximum absolute atomic E-state index is 12.4. The number of esters is 2. The molecule has 0 aromatic carbocycles. The molecule has 50 heavy (non-hydrogen) atoms. The summed E-state index contributed by atoms with van der Waals surface area (Å²) in [5, 5.41) is 10.1. The molecule has 1 unspecified atom stereocenters. The molecule has 0 aliphatic heterocycles. The lowest BCUT2D eigenvalue weighted by Gasteiger charge is -2.18. The topological polar surface area (TPSA) is 140 Å². The quantitative estimate of drug-likeness (QED) is 0.0194. The van der Waals surface area contributed by atoms with Crippen molar-refractivity contribution in [3.63, 3.8) is 0 Å². The van der Waals surface area contributed by atoms with Crippen LogP contribution in [0.5, 0.6) is 0 Å². The summed E-state index contributed by atoms with van der Waals surface area (Å²) < 4.78 is 26.2. The highest BCUT2D eigenvalue weighted by Crippen LogP contribution is 2.36. The van der Waals surface area contributed by atoms with Crippen LogP contribution in [0.1, 0.15) is 162 Å². The minimum atomic E-state index is -4.78. The summed E-state index contributed by atoms with van der Waals surface area (Å²) in [6.45, 7) is 5.83. The van der Waals surface area contributed by atoms with E-state index in [9.17, 15) is 19.3 Å². The van der Waals surface area contributed by atoms with Crippen LogP contribution in [0.4, 0.5) is 0 Å². The van der Waals surface area contributed by atoms with Crippen molar-refractivity contribution in [1.29, 1.82) is 0 Å². The number of carbonyl (C=O) groups excluding carboxylic acids is 2. The van der Waals surface area contributed by atoms with Crippen molar-refractivity contribution in [2.75, 3.05) is 13.2 Å². The summed E-state index contributed by atoms with van der Waals surface area (Å²) in [7, 11) is -4.78. The van der Waals surface area contributed by atoms with E-state index in [1.165, 1.54) is 70.6 Å². The SMILES string of the molecule is CCCCC/C=C\C/C=C\CC(O)/C=C\C=C\CCCC(=O)OC[C@H](COP(=O)(O)O)OC(=O)CCCCCCCCCCCCCC(C)C. The van der Waals surface area contributed by atoms with Crippen LogP contribution in [0.2, 0.25) is 0 Å². The monoisotopic (exact) mass is 726 g/mol. The lowest BCUT2D eigenvalue weighted by molar-refractivity contribution is -0.161. The average Bonchev–Trinajstić information content (AvgIpc) is 3.06. The van der Waals surface area contributed by atoms with Gasteiger partial charge in [0, 0.05) is 12.8 Å². The molecule has 9 nitrogen and oxygen atoms in total. The van der Waals surface area contributed by atoms with Crippen molar-refractivity contribution in [2.45, 2.75) is 174 Å². The van der Waals surface area contributed by atoms with E-state index in [0.29, 0.717) is 25.7 Å². The zero-order valence-electron chi connectivity index (χ0n) is 31.6. The second-order valence-corrected chi connectivity index (χ2v) is 14.8. The zero-order valence-corrected chi connectivity index (χ0v) is 32.5. The molecule has 10 heteroatoms. The highest BCUT2D eigenvalue weighted by molar-refractivity contribution is 7.46. The number of hydrogen-bond acceptors (Lipinski definition) is 7. The highest BCUT2D eigenvalue weighted by atomic mass is 31.2. The molecule has 0 spiro atoms. The molecule has 2 atom stereocenters. The first-order valence-corrected chi connectivity index (χ1v) is 20.9. The number of aliphatic hydroxyl groups is 1. The van der Waals surface area contributed by atoms with Gasteiger partial charge in [0.05, 0.1) is 12.7 Å². The molecule has 0 aromatic rings. The first kappa shape index (κ1) is 48.0. The Morgan fingerprint density at radius 1 is 0.680 bits per heavy atom. The van der Waals surface area contributed by atoms with Gasteiger partial charge in [-0.2, -0.15) is 0 Å². The largest absolute Gasteiger partial charge is 0.469 e. The van der Waals surface area contributed by atoms with Gasteiger partial charge in [-0.15, -0.1) is 0 Å². The number of phosphoric acid groups is 1. The third-order valence-corrected chi connectivity index (χ3v) is 8.59. The van der Waals surface area contributed by atoms with Crippen molar-refractivity contribution in [2.24, 2.45) is 5.92 Å². The van der Waals surface area contributed by atoms with E-state index in [2.05, 4.69) is 43.5 Å². The van der Waals surface area contributed by atoms with Crippen LogP contribution in [-0.4, -0.2) is 52.3 Å². The van der Waals surface area contributed by atoms with E-state index in [1.807, 2.05) is 18.2 Å². The molecule has 0 aliphatic carbocycles. The maximum atomic E-state index is 12.4. The lowest BCUT2D eigenvalue weighted by atomic mass is 10.0. The van der Waals surface area contributed by atoms with Gasteiger partial charge in [-0.1, -0.05) is 153 Å². The number of phosphoric ester groups is 1. The Bertz CT molecular complexity index is 983. The van der Waals surface area contributed by atoms with Gasteiger partial charge in [0.2, 0.25) is 0 Å². The summed E-state index contributed by atoms with van der Waals surface area (Å²) in [6.07, 6.45) is 35.8. The third-order valence-electron chi connectivity index (χ3n) is 8.11. The summed E-state index contributed by atoms with van der Waals surface area (Å²) in [4.78, 5) is 42.7. The van der Waals surface area contributed by atoms with Gasteiger partial charge < -0.3 is 24.4 Å². The van der Waals surface area contributed by atoms with Crippen LogP contribution >= 0.6 is 7.82 Å². The van der Waals surface area contributed by atoms with E-state index in [0.717, 1.165) is 38.0 Å². The molecule has 0 rings (SSSR count). The Labute approximate surface area is 304 Å². The number of unbranched alkanes of at least 4 members (excludes halogenated alkanes) is 14. The van der Waals surface area contributed by atoms with Crippen molar-refractivity contribution in [3.8, 4) is 0 Å². The summed E-state index contributed by atoms with van der Waals surface area (Å²) in [5.41, 5.74) is 0. The maximum Gasteiger partial charge on any atom is 0.469 e. The first-order valence-electron chi connectivity index (χ1n) is 19.4. The van der Waals surface area contributed by atoms with Crippen LogP contribution in [0.15, 0.2) is 48.6 Å². The van der Waals surface area contributed by atoms with E-state index in [4.69, 9.17) is 19.3 Å². The third kappa shape index (κ3) is 37.2. The van der Waals surface area contributed by atoms with Crippen molar-refractivity contribution >= 4 is 19.8 Å². The minimum absolute atomic E-state index is 0.132. The first-order chi connectivity index (χ1) is 24.0. The minimum Gasteiger partial charge on any atom is -0.462 e. The summed E-state index contributed by atoms with van der Waals surface area (Å²) in [5.74, 6) is -0.218. The molecule has 0 heterocycles. The number of allylic oxidation sites excluding steroid dienone is 6. The summed E-state index contributed by atoms with van der Waals surface area (Å²) in [6, 6.07) is 0. The fraction of sp³-hybridized carbons (Fsp3) is 0.750. The Morgan fingerprint density at radius 2 is 1.28 bits per heavy atom. The predicted octanol–water partition coefficient (Wildman–Crippen LogP) is 10.4. The van der Waals surface area contributed by atoms with Crippen molar-refractivity contribution < 1.29 is 43.0 Å². The molecule has 0 amide bonds. The van der Waals surface area contributed by atoms with E-state index in [1.54, 1.807) is 12.2 Å². The Balaban J connectivity index is 4.15. The normalized spacial score (nSPS) is 13.7. The summed E-state index contributed by atoms with van der Waals surface area (Å²) >= 11 is 0. The number of ether oxygens (including phenoxy) is 2. The Hall–Kier alpha value is -2.03. The fourth-order valence-electron chi connectivity index (χ4n) is 5.16. The van der Waals surface area contributed by atoms with Gasteiger partial charge >= 0.3 is 19.8 Å². The molecular weight excluding hydrogens is 655 g/mol. The zero-order chi connectivity index (χ0) is 37.1. The van der Waals surface area contributed by atoms with Gasteiger partial charge in [-0.3, -0.25) is 14.1 Å². The molecule has 0 saturated heterocycles. The van der Waals surface area contributed by atoms with Gasteiger partial charge in [0.15, 0.2) is 6.10 Å². The molecule has 0 aromatic heterocycles. The van der Waals surface area contributed by atoms with Gasteiger partial charge in [0.25, 0.3) is 0 Å². The average molecular weight is 727 g/mol. The van der Waals surface area contributed by atoms with E-state index in [-0.39, 0.29) is 19.4 Å². The Morgan fingerprint density at radius 3 is 1.92 bits per heavy atom. The predicted molar refractivity (Wildman–Crippen MR) is 203 cm³/mol. The van der Waals surface area contributed by atoms with E-state index < -0.39 is 38.6 Å². The number of carbonyl (C=O) groups is 2. The lowest BCUT2D eigenvalue weighted by Crippen LogP contribution is -2.29. The molecule has 0 radical (unpaired) electrons. The van der Waals surface area contributed by atoms with Crippen LogP contribution in [0.3, 0.4) is 0 Å². The molecule has 0 aliphatic rings. The smallest absolute Gasteiger partial charge is 0.462 e. The molecule has 3 N–H and O–H groups in total. The van der Waals surface area contributed by atoms with Crippen LogP contribution in [0.25, 0.3) is 0 Å². The van der Waals surface area contributed by atoms with Gasteiger partial charge in [-0.05, 0) is 50.9 Å². The van der Waals surface area contributed by atoms with Crippen LogP contribution < -0.4 is 0 Å². The number of rotatable bonds is 34. The van der Waals surface area contributed by atoms with Crippen LogP contribution in [0, 0.1) is 5.92 Å². The molecule has 290 valence electrons. The van der Waals surface area contributed by atoms with E-state index >= 15 is 0 Å². The standard InChI is InChI=1S/C40H71O9P/c1-4-5-6-7-8-12-16-20-25-30-37(41)31-26-21-18-23-27-32-39(42)47-34-38(35-48-50(44,45)46)49-40(43)33-28-22-17-14-11-9-10-13-15-19-24-29-36(2)3/h8,12,18,20-21,25-26,31,36-38,41H,4-7,9-11,13-17,19,22-24,27-30,32-35H2,1-3H3,(H2,44,45,46)/b12-8-,21-18+,25-20-,31-26-/t37?,38-/m1/s1. The fourth-order valence-corrected chi connectivity index (χ4v) is 5.52. The number of hydrogen-bond donors (Lipinski definition) is 3. The highest BCUT2D eigenvalue weighted by Gasteiger charge is 2.22. The molecule has 0 fully saturated rings. The second kappa shape index (κ2) is 34.1. The van der Waals surface area contributed by atoms with Crippen molar-refractivity contribution in [1.82, 2.24) is 0 Å².